The third kappa shape index (κ3) is 4.74. The molecule has 2 N–H and O–H groups in total. The molecule has 2 aliphatic rings. The molecule has 0 spiro atoms. The maximum Gasteiger partial charge on any atom is 0.261 e. The van der Waals surface area contributed by atoms with E-state index in [2.05, 4.69) is 10.0 Å². The van der Waals surface area contributed by atoms with Gasteiger partial charge in [-0.2, -0.15) is 5.26 Å². The Balaban J connectivity index is 1.51. The number of carbonyl (C=O) groups is 2. The normalized spacial score (nSPS) is 18.7. The number of benzene rings is 2. The van der Waals surface area contributed by atoms with E-state index >= 15 is 0 Å². The summed E-state index contributed by atoms with van der Waals surface area (Å²) in [6, 6.07) is 12.5. The number of hydrogen-bond donors (Lipinski definition) is 2. The second-order valence-corrected chi connectivity index (χ2v) is 10.5. The summed E-state index contributed by atoms with van der Waals surface area (Å²) >= 11 is 1.15. The van der Waals surface area contributed by atoms with Gasteiger partial charge in [0.1, 0.15) is 0 Å². The van der Waals surface area contributed by atoms with E-state index in [9.17, 15) is 18.0 Å². The van der Waals surface area contributed by atoms with Crippen LogP contribution in [0, 0.1) is 11.3 Å². The van der Waals surface area contributed by atoms with Crippen LogP contribution < -0.4 is 10.0 Å². The predicted octanol–water partition coefficient (Wildman–Crippen LogP) is 3.17. The van der Waals surface area contributed by atoms with E-state index in [1.807, 2.05) is 6.07 Å². The fraction of sp³-hybridized carbons (Fsp3) is 0.318. The van der Waals surface area contributed by atoms with Gasteiger partial charge in [0.15, 0.2) is 5.25 Å². The number of sulfonamides is 1. The van der Waals surface area contributed by atoms with Crippen molar-refractivity contribution >= 4 is 45.0 Å². The molecule has 2 aliphatic heterocycles. The fourth-order valence-corrected chi connectivity index (χ4v) is 5.84. The van der Waals surface area contributed by atoms with E-state index in [4.69, 9.17) is 5.26 Å². The Bertz CT molecular complexity index is 1180. The molecule has 0 unspecified atom stereocenters. The highest BCUT2D eigenvalue weighted by Crippen LogP contribution is 2.38. The van der Waals surface area contributed by atoms with Crippen molar-refractivity contribution in [3.05, 3.63) is 48.0 Å². The van der Waals surface area contributed by atoms with Gasteiger partial charge in [-0.25, -0.2) is 8.42 Å². The van der Waals surface area contributed by atoms with E-state index < -0.39 is 21.2 Å². The van der Waals surface area contributed by atoms with Crippen molar-refractivity contribution in [2.24, 2.45) is 0 Å². The average molecular weight is 471 g/mol. The van der Waals surface area contributed by atoms with Gasteiger partial charge in [0.25, 0.3) is 10.0 Å². The molecule has 1 fully saturated rings. The molecule has 2 aromatic rings. The maximum absolute atomic E-state index is 12.9. The van der Waals surface area contributed by atoms with Gasteiger partial charge in [0.2, 0.25) is 11.8 Å². The SMILES string of the molecule is N#Cc1ccc(NS(=O)(=O)c2ccc3c(c2)NC(=O)[C@H](C(=O)N2CCCCCC2)S3)cc1. The minimum absolute atomic E-state index is 0.0150. The lowest BCUT2D eigenvalue weighted by molar-refractivity contribution is -0.133. The van der Waals surface area contributed by atoms with Crippen LogP contribution in [0.5, 0.6) is 0 Å². The number of nitrogens with one attached hydrogen (secondary N) is 2. The minimum Gasteiger partial charge on any atom is -0.341 e. The summed E-state index contributed by atoms with van der Waals surface area (Å²) in [5.74, 6) is -0.634. The second-order valence-electron chi connectivity index (χ2n) is 7.68. The van der Waals surface area contributed by atoms with E-state index in [1.165, 1.54) is 36.4 Å². The molecule has 0 aliphatic carbocycles. The predicted molar refractivity (Wildman–Crippen MR) is 122 cm³/mol. The van der Waals surface area contributed by atoms with Gasteiger partial charge in [0.05, 0.1) is 22.2 Å². The summed E-state index contributed by atoms with van der Waals surface area (Å²) < 4.78 is 28.0. The Morgan fingerprint density at radius 1 is 1.09 bits per heavy atom. The summed E-state index contributed by atoms with van der Waals surface area (Å²) in [4.78, 5) is 28.0. The zero-order valence-corrected chi connectivity index (χ0v) is 18.8. The largest absolute Gasteiger partial charge is 0.341 e. The molecule has 1 saturated heterocycles. The molecule has 10 heteroatoms. The van der Waals surface area contributed by atoms with E-state index in [0.29, 0.717) is 34.9 Å². The van der Waals surface area contributed by atoms with Crippen LogP contribution in [0.3, 0.4) is 0 Å². The lowest BCUT2D eigenvalue weighted by atomic mass is 10.2. The zero-order chi connectivity index (χ0) is 22.7. The van der Waals surface area contributed by atoms with Crippen LogP contribution >= 0.6 is 11.8 Å². The van der Waals surface area contributed by atoms with Crippen molar-refractivity contribution in [3.8, 4) is 6.07 Å². The van der Waals surface area contributed by atoms with Crippen molar-refractivity contribution < 1.29 is 18.0 Å². The summed E-state index contributed by atoms with van der Waals surface area (Å²) in [5.41, 5.74) is 1.11. The van der Waals surface area contributed by atoms with Crippen molar-refractivity contribution in [2.45, 2.75) is 40.7 Å². The summed E-state index contributed by atoms with van der Waals surface area (Å²) in [5, 5.41) is 10.7. The maximum atomic E-state index is 12.9. The quantitative estimate of drug-likeness (QED) is 0.663. The Kier molecular flexibility index (Phi) is 6.39. The average Bonchev–Trinajstić information content (AvgIpc) is 3.08. The first-order valence-electron chi connectivity index (χ1n) is 10.3. The number of amides is 2. The number of hydrogen-bond acceptors (Lipinski definition) is 6. The van der Waals surface area contributed by atoms with Crippen molar-refractivity contribution in [2.75, 3.05) is 23.1 Å². The molecule has 8 nitrogen and oxygen atoms in total. The number of thioether (sulfide) groups is 1. The topological polar surface area (TPSA) is 119 Å². The molecule has 166 valence electrons. The molecule has 0 radical (unpaired) electrons. The molecule has 32 heavy (non-hydrogen) atoms. The van der Waals surface area contributed by atoms with Gasteiger partial charge in [0, 0.05) is 23.7 Å². The van der Waals surface area contributed by atoms with Crippen LogP contribution in [0.1, 0.15) is 31.2 Å². The highest BCUT2D eigenvalue weighted by molar-refractivity contribution is 8.01. The lowest BCUT2D eigenvalue weighted by Crippen LogP contribution is -2.45. The molecular weight excluding hydrogens is 448 g/mol. The summed E-state index contributed by atoms with van der Waals surface area (Å²) in [6.07, 6.45) is 4.05. The molecule has 2 aromatic carbocycles. The second kappa shape index (κ2) is 9.22. The molecular formula is C22H22N4O4S2. The Morgan fingerprint density at radius 3 is 2.44 bits per heavy atom. The first-order chi connectivity index (χ1) is 15.4. The molecule has 2 heterocycles. The van der Waals surface area contributed by atoms with Gasteiger partial charge in [-0.05, 0) is 55.3 Å². The van der Waals surface area contributed by atoms with Crippen LogP contribution in [0.15, 0.2) is 52.3 Å². The van der Waals surface area contributed by atoms with Crippen LogP contribution in [-0.2, 0) is 19.6 Å². The highest BCUT2D eigenvalue weighted by Gasteiger charge is 2.36. The van der Waals surface area contributed by atoms with E-state index in [0.717, 1.165) is 37.4 Å². The molecule has 1 atom stereocenters. The minimum atomic E-state index is -3.90. The number of nitriles is 1. The highest BCUT2D eigenvalue weighted by atomic mass is 32.2. The lowest BCUT2D eigenvalue weighted by Gasteiger charge is -2.28. The molecule has 0 saturated carbocycles. The van der Waals surface area contributed by atoms with Crippen LogP contribution in [0.2, 0.25) is 0 Å². The smallest absolute Gasteiger partial charge is 0.261 e. The van der Waals surface area contributed by atoms with E-state index in [1.54, 1.807) is 11.0 Å². The third-order valence-corrected chi connectivity index (χ3v) is 8.05. The Morgan fingerprint density at radius 2 is 1.78 bits per heavy atom. The van der Waals surface area contributed by atoms with E-state index in [-0.39, 0.29) is 10.8 Å². The first kappa shape index (κ1) is 22.2. The van der Waals surface area contributed by atoms with Crippen molar-refractivity contribution in [1.29, 1.82) is 5.26 Å². The number of nitrogens with zero attached hydrogens (tertiary/aromatic N) is 2. The van der Waals surface area contributed by atoms with Gasteiger partial charge in [-0.3, -0.25) is 14.3 Å². The number of rotatable bonds is 4. The fourth-order valence-electron chi connectivity index (χ4n) is 3.70. The monoisotopic (exact) mass is 470 g/mol. The van der Waals surface area contributed by atoms with Crippen LogP contribution in [0.25, 0.3) is 0 Å². The number of carbonyl (C=O) groups excluding carboxylic acids is 2. The summed E-state index contributed by atoms with van der Waals surface area (Å²) in [7, 11) is -3.90. The number of fused-ring (bicyclic) bond motifs is 1. The van der Waals surface area contributed by atoms with Gasteiger partial charge in [-0.15, -0.1) is 11.8 Å². The Labute approximate surface area is 191 Å². The Hall–Kier alpha value is -3.03. The van der Waals surface area contributed by atoms with Crippen molar-refractivity contribution in [1.82, 2.24) is 4.90 Å². The standard InChI is InChI=1S/C22H22N4O4S2/c23-14-15-5-7-16(8-6-15)25-32(29,30)17-9-10-19-18(13-17)24-21(27)20(31-19)22(28)26-11-3-1-2-4-12-26/h5-10,13,20,25H,1-4,11-12H2,(H,24,27)/t20-/m1/s1. The van der Waals surface area contributed by atoms with Gasteiger partial charge < -0.3 is 10.2 Å². The number of anilines is 2. The molecule has 2 amide bonds. The number of likely N-dealkylation sites (tertiary alicyclic amines) is 1. The van der Waals surface area contributed by atoms with Crippen LogP contribution in [-0.4, -0.2) is 43.5 Å². The third-order valence-electron chi connectivity index (χ3n) is 5.41. The molecule has 0 bridgehead atoms. The molecule has 0 aromatic heterocycles. The zero-order valence-electron chi connectivity index (χ0n) is 17.2. The van der Waals surface area contributed by atoms with Crippen molar-refractivity contribution in [3.63, 3.8) is 0 Å². The van der Waals surface area contributed by atoms with Gasteiger partial charge >= 0.3 is 0 Å². The first-order valence-corrected chi connectivity index (χ1v) is 12.7. The van der Waals surface area contributed by atoms with Crippen LogP contribution in [0.4, 0.5) is 11.4 Å². The van der Waals surface area contributed by atoms with Gasteiger partial charge in [-0.1, -0.05) is 12.8 Å². The molecule has 4 rings (SSSR count). The summed E-state index contributed by atoms with van der Waals surface area (Å²) in [6.45, 7) is 1.32.